The zero-order valence-corrected chi connectivity index (χ0v) is 11.6. The second kappa shape index (κ2) is 6.72. The smallest absolute Gasteiger partial charge is 0.346 e. The molecule has 0 N–H and O–H groups in total. The van der Waals surface area contributed by atoms with Crippen LogP contribution in [0.25, 0.3) is 0 Å². The lowest BCUT2D eigenvalue weighted by Crippen LogP contribution is -2.36. The summed E-state index contributed by atoms with van der Waals surface area (Å²) in [7, 11) is -2.92. The maximum absolute atomic E-state index is 5.75. The Balaban J connectivity index is 3.68. The van der Waals surface area contributed by atoms with Gasteiger partial charge in [0.25, 0.3) is 0 Å². The number of hydrogen-bond acceptors (Lipinski definition) is 3. The molecule has 0 aliphatic heterocycles. The quantitative estimate of drug-likeness (QED) is 0.613. The van der Waals surface area contributed by atoms with Crippen LogP contribution >= 0.6 is 0 Å². The molecule has 0 aromatic heterocycles. The van der Waals surface area contributed by atoms with E-state index in [9.17, 15) is 0 Å². The number of hydrogen-bond donors (Lipinski definition) is 0. The highest BCUT2D eigenvalue weighted by Gasteiger charge is 2.19. The summed E-state index contributed by atoms with van der Waals surface area (Å²) in [6, 6.07) is 0. The second-order valence-electron chi connectivity index (χ2n) is 3.76. The molecule has 0 aliphatic carbocycles. The van der Waals surface area contributed by atoms with E-state index in [4.69, 9.17) is 13.3 Å². The molecule has 80 valence electrons. The molecule has 0 spiro atoms. The van der Waals surface area contributed by atoms with Crippen LogP contribution in [0.15, 0.2) is 0 Å². The van der Waals surface area contributed by atoms with Gasteiger partial charge in [-0.05, 0) is 33.5 Å². The first kappa shape index (κ1) is 13.3. The van der Waals surface area contributed by atoms with Gasteiger partial charge in [-0.15, -0.1) is 0 Å². The lowest BCUT2D eigenvalue weighted by molar-refractivity contribution is 0.186. The summed E-state index contributed by atoms with van der Waals surface area (Å²) < 4.78 is 16.7. The Kier molecular flexibility index (Phi) is 6.88. The largest absolute Gasteiger partial charge is 0.416 e. The van der Waals surface area contributed by atoms with Crippen molar-refractivity contribution in [1.29, 1.82) is 0 Å². The molecule has 0 amide bonds. The van der Waals surface area contributed by atoms with E-state index in [1.807, 2.05) is 13.8 Å². The van der Waals surface area contributed by atoms with Gasteiger partial charge in [0, 0.05) is 13.2 Å². The van der Waals surface area contributed by atoms with E-state index in [0.717, 1.165) is 13.2 Å². The van der Waals surface area contributed by atoms with Gasteiger partial charge >= 0.3 is 9.28 Å². The third-order valence-corrected chi connectivity index (χ3v) is 4.57. The van der Waals surface area contributed by atoms with Crippen molar-refractivity contribution in [2.75, 3.05) is 19.4 Å². The number of rotatable bonds is 7. The molecular formula is C8H22O3Si2. The summed E-state index contributed by atoms with van der Waals surface area (Å²) in [6.07, 6.45) is 0.692. The van der Waals surface area contributed by atoms with Crippen LogP contribution in [-0.4, -0.2) is 37.0 Å². The average Bonchev–Trinajstić information content (AvgIpc) is 2.00. The summed E-state index contributed by atoms with van der Waals surface area (Å²) in [5.41, 5.74) is 0. The Morgan fingerprint density at radius 3 is 1.77 bits per heavy atom. The van der Waals surface area contributed by atoms with E-state index >= 15 is 0 Å². The minimum Gasteiger partial charge on any atom is -0.416 e. The first-order valence-corrected chi connectivity index (χ1v) is 10.0. The molecule has 3 nitrogen and oxygen atoms in total. The normalized spacial score (nSPS) is 12.5. The van der Waals surface area contributed by atoms with E-state index in [2.05, 4.69) is 19.6 Å². The van der Waals surface area contributed by atoms with Crippen LogP contribution in [-0.2, 0) is 13.3 Å². The van der Waals surface area contributed by atoms with Crippen molar-refractivity contribution in [2.45, 2.75) is 33.5 Å². The van der Waals surface area contributed by atoms with Crippen molar-refractivity contribution in [3.05, 3.63) is 0 Å². The van der Waals surface area contributed by atoms with E-state index in [0.29, 0.717) is 6.23 Å². The van der Waals surface area contributed by atoms with Crippen LogP contribution in [0.5, 0.6) is 0 Å². The van der Waals surface area contributed by atoms with Gasteiger partial charge in [-0.2, -0.15) is 0 Å². The highest BCUT2D eigenvalue weighted by Crippen LogP contribution is 2.03. The molecule has 0 heterocycles. The van der Waals surface area contributed by atoms with Gasteiger partial charge in [-0.3, -0.25) is 0 Å². The standard InChI is InChI=1S/C8H22O3Si2/c1-6-9-12(10-7-2)8-11-13(3,4)5/h12H,6-8H2,1-5H3. The SMILES string of the molecule is CCO[SiH](CO[Si](C)(C)C)OCC. The third kappa shape index (κ3) is 8.64. The monoisotopic (exact) mass is 222 g/mol. The first-order valence-electron chi connectivity index (χ1n) is 4.86. The van der Waals surface area contributed by atoms with Crippen molar-refractivity contribution >= 4 is 17.6 Å². The summed E-state index contributed by atoms with van der Waals surface area (Å²) in [5, 5.41) is 0. The maximum atomic E-state index is 5.75. The van der Waals surface area contributed by atoms with E-state index in [1.54, 1.807) is 0 Å². The van der Waals surface area contributed by atoms with Crippen molar-refractivity contribution in [1.82, 2.24) is 0 Å². The predicted octanol–water partition coefficient (Wildman–Crippen LogP) is 1.67. The maximum Gasteiger partial charge on any atom is 0.346 e. The average molecular weight is 222 g/mol. The van der Waals surface area contributed by atoms with Crippen molar-refractivity contribution in [3.63, 3.8) is 0 Å². The molecule has 0 aromatic rings. The fourth-order valence-corrected chi connectivity index (χ4v) is 4.41. The topological polar surface area (TPSA) is 27.7 Å². The summed E-state index contributed by atoms with van der Waals surface area (Å²) in [6.45, 7) is 12.0. The Bertz CT molecular complexity index is 119. The molecule has 0 atom stereocenters. The van der Waals surface area contributed by atoms with Gasteiger partial charge in [0.2, 0.25) is 0 Å². The highest BCUT2D eigenvalue weighted by molar-refractivity contribution is 6.70. The highest BCUT2D eigenvalue weighted by atomic mass is 28.4. The fraction of sp³-hybridized carbons (Fsp3) is 1.00. The van der Waals surface area contributed by atoms with Crippen molar-refractivity contribution in [3.8, 4) is 0 Å². The Hall–Kier alpha value is 0.314. The molecule has 13 heavy (non-hydrogen) atoms. The molecule has 0 rings (SSSR count). The zero-order chi connectivity index (χ0) is 10.3. The van der Waals surface area contributed by atoms with Gasteiger partial charge in [-0.1, -0.05) is 0 Å². The minimum absolute atomic E-state index is 0.692. The van der Waals surface area contributed by atoms with Crippen LogP contribution in [0, 0.1) is 0 Å². The summed E-state index contributed by atoms with van der Waals surface area (Å²) in [4.78, 5) is 0. The van der Waals surface area contributed by atoms with Gasteiger partial charge < -0.3 is 13.3 Å². The molecule has 0 radical (unpaired) electrons. The van der Waals surface area contributed by atoms with E-state index in [1.165, 1.54) is 0 Å². The molecule has 0 saturated carbocycles. The predicted molar refractivity (Wildman–Crippen MR) is 59.7 cm³/mol. The fourth-order valence-electron chi connectivity index (χ4n) is 0.834. The third-order valence-electron chi connectivity index (χ3n) is 1.36. The van der Waals surface area contributed by atoms with E-state index < -0.39 is 17.6 Å². The first-order chi connectivity index (χ1) is 5.99. The van der Waals surface area contributed by atoms with Gasteiger partial charge in [-0.25, -0.2) is 0 Å². The van der Waals surface area contributed by atoms with Crippen LogP contribution in [0.2, 0.25) is 19.6 Å². The molecular weight excluding hydrogens is 200 g/mol. The van der Waals surface area contributed by atoms with Crippen LogP contribution in [0.4, 0.5) is 0 Å². The minimum atomic E-state index is -1.52. The molecule has 0 aromatic carbocycles. The molecule has 0 saturated heterocycles. The van der Waals surface area contributed by atoms with Crippen molar-refractivity contribution in [2.24, 2.45) is 0 Å². The van der Waals surface area contributed by atoms with Crippen LogP contribution in [0.3, 0.4) is 0 Å². The Morgan fingerprint density at radius 2 is 1.46 bits per heavy atom. The van der Waals surface area contributed by atoms with E-state index in [-0.39, 0.29) is 0 Å². The van der Waals surface area contributed by atoms with Gasteiger partial charge in [0.05, 0.1) is 6.23 Å². The van der Waals surface area contributed by atoms with Gasteiger partial charge in [0.15, 0.2) is 8.32 Å². The van der Waals surface area contributed by atoms with Crippen LogP contribution in [0.1, 0.15) is 13.8 Å². The lowest BCUT2D eigenvalue weighted by atomic mass is 10.9. The Labute approximate surface area is 84.4 Å². The zero-order valence-electron chi connectivity index (χ0n) is 9.42. The molecule has 0 fully saturated rings. The van der Waals surface area contributed by atoms with Crippen LogP contribution < -0.4 is 0 Å². The van der Waals surface area contributed by atoms with Crippen molar-refractivity contribution < 1.29 is 13.3 Å². The molecule has 0 bridgehead atoms. The molecule has 0 unspecified atom stereocenters. The van der Waals surface area contributed by atoms with Gasteiger partial charge in [0.1, 0.15) is 0 Å². The second-order valence-corrected chi connectivity index (χ2v) is 10.1. The summed E-state index contributed by atoms with van der Waals surface area (Å²) >= 11 is 0. The molecule has 0 aliphatic rings. The summed E-state index contributed by atoms with van der Waals surface area (Å²) in [5.74, 6) is 0. The Morgan fingerprint density at radius 1 is 1.00 bits per heavy atom. The molecule has 5 heteroatoms. The lowest BCUT2D eigenvalue weighted by Gasteiger charge is -2.21.